The first kappa shape index (κ1) is 13.2. The summed E-state index contributed by atoms with van der Waals surface area (Å²) in [6.07, 6.45) is 1.63. The Labute approximate surface area is 109 Å². The fraction of sp³-hybridized carbons (Fsp3) is 0.545. The zero-order valence-electron chi connectivity index (χ0n) is 10.3. The third kappa shape index (κ3) is 2.95. The van der Waals surface area contributed by atoms with Gasteiger partial charge in [-0.3, -0.25) is 4.79 Å². The van der Waals surface area contributed by atoms with E-state index in [-0.39, 0.29) is 24.0 Å². The summed E-state index contributed by atoms with van der Waals surface area (Å²) >= 11 is 0. The first-order valence-corrected chi connectivity index (χ1v) is 5.94. The van der Waals surface area contributed by atoms with Crippen molar-refractivity contribution in [1.29, 1.82) is 5.26 Å². The molecule has 0 bridgehead atoms. The van der Waals surface area contributed by atoms with Crippen LogP contribution in [0.5, 0.6) is 0 Å². The molecule has 8 nitrogen and oxygen atoms in total. The fourth-order valence-electron chi connectivity index (χ4n) is 1.97. The monoisotopic (exact) mass is 265 g/mol. The molecule has 0 radical (unpaired) electrons. The topological polar surface area (TPSA) is 126 Å². The third-order valence-corrected chi connectivity index (χ3v) is 2.95. The number of aliphatic carboxylic acids is 1. The van der Waals surface area contributed by atoms with Crippen LogP contribution in [0.2, 0.25) is 0 Å². The van der Waals surface area contributed by atoms with E-state index in [1.807, 2.05) is 6.07 Å². The van der Waals surface area contributed by atoms with Gasteiger partial charge in [-0.1, -0.05) is 0 Å². The summed E-state index contributed by atoms with van der Waals surface area (Å²) in [6.45, 7) is 0.950. The molecule has 19 heavy (non-hydrogen) atoms. The van der Waals surface area contributed by atoms with Gasteiger partial charge in [-0.15, -0.1) is 0 Å². The fourth-order valence-corrected chi connectivity index (χ4v) is 1.97. The number of ether oxygens (including phenoxy) is 1. The molecule has 4 N–H and O–H groups in total. The normalized spacial score (nSPS) is 15.9. The molecule has 1 saturated heterocycles. The Hall–Kier alpha value is -2.27. The van der Waals surface area contributed by atoms with Gasteiger partial charge in [0.05, 0.1) is 0 Å². The van der Waals surface area contributed by atoms with Crippen molar-refractivity contribution < 1.29 is 14.6 Å². The molecule has 8 heteroatoms. The van der Waals surface area contributed by atoms with E-state index in [1.54, 1.807) is 0 Å². The minimum Gasteiger partial charge on any atom is -0.480 e. The van der Waals surface area contributed by atoms with Crippen LogP contribution in [-0.4, -0.2) is 40.1 Å². The van der Waals surface area contributed by atoms with Gasteiger partial charge in [-0.25, -0.2) is 4.68 Å². The molecule has 0 aromatic carbocycles. The Balaban J connectivity index is 2.19. The Bertz CT molecular complexity index is 513. The van der Waals surface area contributed by atoms with Crippen molar-refractivity contribution in [2.45, 2.75) is 25.4 Å². The number of carboxylic acids is 1. The summed E-state index contributed by atoms with van der Waals surface area (Å²) in [7, 11) is 0. The standard InChI is InChI=1S/C11H15N5O3/c12-5-8-10(13)16(6-9(17)18)15-11(8)14-7-1-3-19-4-2-7/h7H,1-4,6,13H2,(H,14,15)(H,17,18). The molecule has 1 fully saturated rings. The second-order valence-electron chi connectivity index (χ2n) is 4.30. The molecular weight excluding hydrogens is 250 g/mol. The summed E-state index contributed by atoms with van der Waals surface area (Å²) in [6, 6.07) is 2.11. The quantitative estimate of drug-likeness (QED) is 0.700. The lowest BCUT2D eigenvalue weighted by molar-refractivity contribution is -0.137. The Morgan fingerprint density at radius 3 is 2.89 bits per heavy atom. The summed E-state index contributed by atoms with van der Waals surface area (Å²) in [5.74, 6) is -0.649. The highest BCUT2D eigenvalue weighted by Crippen LogP contribution is 2.23. The lowest BCUT2D eigenvalue weighted by Crippen LogP contribution is -2.28. The van der Waals surface area contributed by atoms with E-state index in [9.17, 15) is 4.79 Å². The molecule has 2 heterocycles. The predicted molar refractivity (Wildman–Crippen MR) is 66.5 cm³/mol. The molecule has 102 valence electrons. The molecule has 0 amide bonds. The maximum atomic E-state index is 10.7. The number of nitrogens with two attached hydrogens (primary N) is 1. The second kappa shape index (κ2) is 5.58. The number of carbonyl (C=O) groups is 1. The maximum Gasteiger partial charge on any atom is 0.325 e. The van der Waals surface area contributed by atoms with Crippen molar-refractivity contribution in [2.24, 2.45) is 0 Å². The van der Waals surface area contributed by atoms with Crippen molar-refractivity contribution in [1.82, 2.24) is 9.78 Å². The third-order valence-electron chi connectivity index (χ3n) is 2.95. The number of nitrogens with zero attached hydrogens (tertiary/aromatic N) is 3. The van der Waals surface area contributed by atoms with E-state index >= 15 is 0 Å². The summed E-state index contributed by atoms with van der Waals surface area (Å²) in [5.41, 5.74) is 5.91. The second-order valence-corrected chi connectivity index (χ2v) is 4.30. The van der Waals surface area contributed by atoms with Crippen molar-refractivity contribution in [3.8, 4) is 6.07 Å². The van der Waals surface area contributed by atoms with Crippen LogP contribution in [0.15, 0.2) is 0 Å². The zero-order chi connectivity index (χ0) is 13.8. The minimum atomic E-state index is -1.06. The Kier molecular flexibility index (Phi) is 3.87. The Morgan fingerprint density at radius 1 is 1.63 bits per heavy atom. The van der Waals surface area contributed by atoms with Crippen LogP contribution in [0.1, 0.15) is 18.4 Å². The molecule has 1 aromatic rings. The van der Waals surface area contributed by atoms with E-state index < -0.39 is 5.97 Å². The molecule has 0 aliphatic carbocycles. The van der Waals surface area contributed by atoms with Crippen LogP contribution >= 0.6 is 0 Å². The highest BCUT2D eigenvalue weighted by atomic mass is 16.5. The average Bonchev–Trinajstić information content (AvgIpc) is 2.66. The largest absolute Gasteiger partial charge is 0.480 e. The van der Waals surface area contributed by atoms with Crippen LogP contribution in [-0.2, 0) is 16.1 Å². The van der Waals surface area contributed by atoms with Crippen molar-refractivity contribution in [3.05, 3.63) is 5.56 Å². The molecule has 0 saturated carbocycles. The van der Waals surface area contributed by atoms with E-state index in [1.165, 1.54) is 0 Å². The maximum absolute atomic E-state index is 10.7. The molecular formula is C11H15N5O3. The number of rotatable bonds is 4. The summed E-state index contributed by atoms with van der Waals surface area (Å²) in [5, 5.41) is 25.0. The van der Waals surface area contributed by atoms with E-state index in [0.29, 0.717) is 19.0 Å². The number of hydrogen-bond acceptors (Lipinski definition) is 6. The highest BCUT2D eigenvalue weighted by Gasteiger charge is 2.21. The molecule has 0 atom stereocenters. The lowest BCUT2D eigenvalue weighted by atomic mass is 10.1. The SMILES string of the molecule is N#Cc1c(NC2CCOCC2)nn(CC(=O)O)c1N. The molecule has 1 aliphatic rings. The number of aromatic nitrogens is 2. The van der Waals surface area contributed by atoms with Crippen molar-refractivity contribution in [3.63, 3.8) is 0 Å². The number of nitrogen functional groups attached to an aromatic ring is 1. The zero-order valence-corrected chi connectivity index (χ0v) is 10.3. The van der Waals surface area contributed by atoms with Crippen molar-refractivity contribution >= 4 is 17.6 Å². The number of anilines is 2. The summed E-state index contributed by atoms with van der Waals surface area (Å²) < 4.78 is 6.36. The Morgan fingerprint density at radius 2 is 2.32 bits per heavy atom. The first-order valence-electron chi connectivity index (χ1n) is 5.94. The van der Waals surface area contributed by atoms with Gasteiger partial charge in [0.25, 0.3) is 0 Å². The lowest BCUT2D eigenvalue weighted by Gasteiger charge is -2.22. The summed E-state index contributed by atoms with van der Waals surface area (Å²) in [4.78, 5) is 10.7. The van der Waals surface area contributed by atoms with Crippen LogP contribution in [0.4, 0.5) is 11.6 Å². The van der Waals surface area contributed by atoms with Gasteiger partial charge in [-0.05, 0) is 12.8 Å². The van der Waals surface area contributed by atoms with Gasteiger partial charge >= 0.3 is 5.97 Å². The van der Waals surface area contributed by atoms with Gasteiger partial charge in [-0.2, -0.15) is 10.4 Å². The molecule has 1 aromatic heterocycles. The van der Waals surface area contributed by atoms with Gasteiger partial charge in [0.15, 0.2) is 5.82 Å². The number of nitriles is 1. The number of hydrogen-bond donors (Lipinski definition) is 3. The highest BCUT2D eigenvalue weighted by molar-refractivity contribution is 5.70. The first-order chi connectivity index (χ1) is 9.11. The predicted octanol–water partition coefficient (Wildman–Crippen LogP) is 0.0125. The molecule has 1 aliphatic heterocycles. The van der Waals surface area contributed by atoms with Gasteiger partial charge in [0.2, 0.25) is 0 Å². The average molecular weight is 265 g/mol. The van der Waals surface area contributed by atoms with E-state index in [0.717, 1.165) is 17.5 Å². The molecule has 0 spiro atoms. The molecule has 0 unspecified atom stereocenters. The van der Waals surface area contributed by atoms with Gasteiger partial charge < -0.3 is 20.9 Å². The number of carboxylic acid groups (broad SMARTS) is 1. The van der Waals surface area contributed by atoms with Crippen LogP contribution in [0, 0.1) is 11.3 Å². The van der Waals surface area contributed by atoms with Crippen molar-refractivity contribution in [2.75, 3.05) is 24.3 Å². The van der Waals surface area contributed by atoms with Gasteiger partial charge in [0.1, 0.15) is 24.0 Å². The van der Waals surface area contributed by atoms with Crippen LogP contribution < -0.4 is 11.1 Å². The van der Waals surface area contributed by atoms with Gasteiger partial charge in [0, 0.05) is 19.3 Å². The smallest absolute Gasteiger partial charge is 0.325 e. The minimum absolute atomic E-state index is 0.0689. The van der Waals surface area contributed by atoms with Crippen LogP contribution in [0.25, 0.3) is 0 Å². The van der Waals surface area contributed by atoms with Crippen LogP contribution in [0.3, 0.4) is 0 Å². The number of nitrogens with one attached hydrogen (secondary N) is 1. The molecule has 2 rings (SSSR count). The van der Waals surface area contributed by atoms with E-state index in [2.05, 4.69) is 10.4 Å². The van der Waals surface area contributed by atoms with E-state index in [4.69, 9.17) is 20.8 Å².